The Morgan fingerprint density at radius 1 is 1.12 bits per heavy atom. The van der Waals surface area contributed by atoms with E-state index in [4.69, 9.17) is 4.74 Å². The van der Waals surface area contributed by atoms with Crippen molar-refractivity contribution in [1.29, 1.82) is 0 Å². The molecule has 1 amide bonds. The zero-order chi connectivity index (χ0) is 17.0. The van der Waals surface area contributed by atoms with Crippen LogP contribution >= 0.6 is 0 Å². The van der Waals surface area contributed by atoms with E-state index in [1.165, 1.54) is 5.56 Å². The van der Waals surface area contributed by atoms with E-state index in [0.29, 0.717) is 18.7 Å². The molecule has 0 saturated carbocycles. The van der Waals surface area contributed by atoms with Gasteiger partial charge in [0.2, 0.25) is 0 Å². The van der Waals surface area contributed by atoms with E-state index >= 15 is 0 Å². The molecule has 2 N–H and O–H groups in total. The van der Waals surface area contributed by atoms with Crippen LogP contribution in [-0.4, -0.2) is 37.7 Å². The average molecular weight is 327 g/mol. The number of carbonyl (C=O) groups is 1. The quantitative estimate of drug-likeness (QED) is 0.659. The third-order valence-electron chi connectivity index (χ3n) is 3.63. The Morgan fingerprint density at radius 2 is 1.96 bits per heavy atom. The van der Waals surface area contributed by atoms with Gasteiger partial charge in [-0.25, -0.2) is 0 Å². The molecule has 0 spiro atoms. The number of hydrogen-bond donors (Lipinski definition) is 2. The summed E-state index contributed by atoms with van der Waals surface area (Å²) in [7, 11) is 1.65. The summed E-state index contributed by atoms with van der Waals surface area (Å²) in [5, 5.41) is 6.19. The lowest BCUT2D eigenvalue weighted by molar-refractivity contribution is 0.0948. The number of aryl methyl sites for hydroxylation is 1. The van der Waals surface area contributed by atoms with Crippen LogP contribution in [0.1, 0.15) is 28.8 Å². The molecule has 0 aliphatic carbocycles. The third kappa shape index (κ3) is 6.38. The van der Waals surface area contributed by atoms with Gasteiger partial charge < -0.3 is 15.4 Å². The molecule has 0 aliphatic heterocycles. The van der Waals surface area contributed by atoms with Crippen molar-refractivity contribution in [2.45, 2.75) is 19.3 Å². The Kier molecular flexibility index (Phi) is 7.77. The van der Waals surface area contributed by atoms with E-state index in [1.807, 2.05) is 12.1 Å². The Balaban J connectivity index is 1.74. The number of nitrogens with zero attached hydrogens (tertiary/aromatic N) is 1. The van der Waals surface area contributed by atoms with E-state index < -0.39 is 0 Å². The maximum Gasteiger partial charge on any atom is 0.252 e. The lowest BCUT2D eigenvalue weighted by Crippen LogP contribution is -2.25. The van der Waals surface area contributed by atoms with E-state index in [9.17, 15) is 4.79 Å². The molecular formula is C19H25N3O2. The van der Waals surface area contributed by atoms with Crippen LogP contribution < -0.4 is 10.6 Å². The molecule has 0 unspecified atom stereocenters. The van der Waals surface area contributed by atoms with Crippen LogP contribution in [-0.2, 0) is 11.2 Å². The van der Waals surface area contributed by atoms with Crippen molar-refractivity contribution in [3.63, 3.8) is 0 Å². The lowest BCUT2D eigenvalue weighted by atomic mass is 10.1. The molecule has 128 valence electrons. The maximum atomic E-state index is 12.1. The number of pyridine rings is 1. The molecule has 1 aromatic heterocycles. The number of methoxy groups -OCH3 is 1. The van der Waals surface area contributed by atoms with Crippen LogP contribution in [0.2, 0.25) is 0 Å². The largest absolute Gasteiger partial charge is 0.385 e. The maximum absolute atomic E-state index is 12.1. The normalized spacial score (nSPS) is 10.4. The minimum absolute atomic E-state index is 0.105. The van der Waals surface area contributed by atoms with Gasteiger partial charge in [-0.05, 0) is 30.9 Å². The summed E-state index contributed by atoms with van der Waals surface area (Å²) >= 11 is 0. The van der Waals surface area contributed by atoms with Crippen molar-refractivity contribution < 1.29 is 9.53 Å². The second kappa shape index (κ2) is 10.4. The summed E-state index contributed by atoms with van der Waals surface area (Å²) in [6.07, 6.45) is 6.18. The monoisotopic (exact) mass is 327 g/mol. The first-order valence-electron chi connectivity index (χ1n) is 8.29. The summed E-state index contributed by atoms with van der Waals surface area (Å²) in [6.45, 7) is 2.08. The fourth-order valence-electron chi connectivity index (χ4n) is 2.35. The Labute approximate surface area is 143 Å². The summed E-state index contributed by atoms with van der Waals surface area (Å²) in [5.41, 5.74) is 2.77. The molecule has 24 heavy (non-hydrogen) atoms. The smallest absolute Gasteiger partial charge is 0.252 e. The lowest BCUT2D eigenvalue weighted by Gasteiger charge is -2.09. The summed E-state index contributed by atoms with van der Waals surface area (Å²) in [5.74, 6) is -0.105. The van der Waals surface area contributed by atoms with Gasteiger partial charge in [0.25, 0.3) is 5.91 Å². The van der Waals surface area contributed by atoms with Crippen molar-refractivity contribution in [1.82, 2.24) is 10.3 Å². The van der Waals surface area contributed by atoms with Gasteiger partial charge in [-0.2, -0.15) is 0 Å². The minimum Gasteiger partial charge on any atom is -0.385 e. The third-order valence-corrected chi connectivity index (χ3v) is 3.63. The summed E-state index contributed by atoms with van der Waals surface area (Å²) < 4.78 is 4.96. The fraction of sp³-hybridized carbons (Fsp3) is 0.368. The number of nitrogens with one attached hydrogen (secondary N) is 2. The van der Waals surface area contributed by atoms with Crippen LogP contribution in [0.5, 0.6) is 0 Å². The van der Waals surface area contributed by atoms with Gasteiger partial charge in [0.05, 0.1) is 11.3 Å². The molecule has 2 rings (SSSR count). The predicted molar refractivity (Wildman–Crippen MR) is 96.3 cm³/mol. The standard InChI is InChI=1S/C19H25N3O2/c1-24-12-6-11-22-19(23)17-13-18(15-20-14-17)21-10-5-9-16-7-3-2-4-8-16/h2-4,7-8,13-15,21H,5-6,9-12H2,1H3,(H,22,23). The number of benzene rings is 1. The van der Waals surface area contributed by atoms with Crippen LogP contribution in [0.25, 0.3) is 0 Å². The number of carbonyl (C=O) groups excluding carboxylic acids is 1. The molecular weight excluding hydrogens is 302 g/mol. The van der Waals surface area contributed by atoms with Crippen molar-refractivity contribution in [2.24, 2.45) is 0 Å². The highest BCUT2D eigenvalue weighted by atomic mass is 16.5. The predicted octanol–water partition coefficient (Wildman–Crippen LogP) is 2.89. The molecule has 0 bridgehead atoms. The van der Waals surface area contributed by atoms with Crippen molar-refractivity contribution in [3.8, 4) is 0 Å². The number of hydrogen-bond acceptors (Lipinski definition) is 4. The summed E-state index contributed by atoms with van der Waals surface area (Å²) in [4.78, 5) is 16.2. The van der Waals surface area contributed by atoms with Gasteiger partial charge in [-0.15, -0.1) is 0 Å². The molecule has 0 fully saturated rings. The first-order valence-corrected chi connectivity index (χ1v) is 8.29. The van der Waals surface area contributed by atoms with E-state index in [1.54, 1.807) is 19.5 Å². The van der Waals surface area contributed by atoms with E-state index in [2.05, 4.69) is 39.9 Å². The number of rotatable bonds is 10. The molecule has 0 atom stereocenters. The van der Waals surface area contributed by atoms with Gasteiger partial charge >= 0.3 is 0 Å². The Morgan fingerprint density at radius 3 is 2.75 bits per heavy atom. The van der Waals surface area contributed by atoms with Crippen LogP contribution in [0, 0.1) is 0 Å². The fourth-order valence-corrected chi connectivity index (χ4v) is 2.35. The summed E-state index contributed by atoms with van der Waals surface area (Å²) in [6, 6.07) is 12.2. The molecule has 0 aliphatic rings. The average Bonchev–Trinajstić information content (AvgIpc) is 2.63. The highest BCUT2D eigenvalue weighted by Crippen LogP contribution is 2.09. The zero-order valence-corrected chi connectivity index (χ0v) is 14.1. The van der Waals surface area contributed by atoms with Crippen LogP contribution in [0.4, 0.5) is 5.69 Å². The van der Waals surface area contributed by atoms with Gasteiger partial charge in [0.1, 0.15) is 0 Å². The molecule has 0 saturated heterocycles. The number of ether oxygens (including phenoxy) is 1. The van der Waals surface area contributed by atoms with E-state index in [-0.39, 0.29) is 5.91 Å². The molecule has 0 radical (unpaired) electrons. The zero-order valence-electron chi connectivity index (χ0n) is 14.1. The van der Waals surface area contributed by atoms with E-state index in [0.717, 1.165) is 31.5 Å². The number of aromatic nitrogens is 1. The minimum atomic E-state index is -0.105. The highest BCUT2D eigenvalue weighted by Gasteiger charge is 2.06. The van der Waals surface area contributed by atoms with Gasteiger partial charge in [-0.1, -0.05) is 30.3 Å². The molecule has 5 nitrogen and oxygen atoms in total. The number of amides is 1. The first-order chi connectivity index (χ1) is 11.8. The second-order valence-electron chi connectivity index (χ2n) is 5.58. The first kappa shape index (κ1) is 17.9. The molecule has 1 heterocycles. The van der Waals surface area contributed by atoms with Gasteiger partial charge in [0.15, 0.2) is 0 Å². The number of anilines is 1. The molecule has 1 aromatic carbocycles. The molecule has 2 aromatic rings. The van der Waals surface area contributed by atoms with Crippen LogP contribution in [0.15, 0.2) is 48.8 Å². The second-order valence-corrected chi connectivity index (χ2v) is 5.58. The topological polar surface area (TPSA) is 63.2 Å². The van der Waals surface area contributed by atoms with Crippen molar-refractivity contribution >= 4 is 11.6 Å². The Bertz CT molecular complexity index is 617. The highest BCUT2D eigenvalue weighted by molar-refractivity contribution is 5.94. The van der Waals surface area contributed by atoms with Gasteiger partial charge in [0, 0.05) is 39.2 Å². The van der Waals surface area contributed by atoms with Crippen molar-refractivity contribution in [2.75, 3.05) is 32.1 Å². The van der Waals surface area contributed by atoms with Crippen LogP contribution in [0.3, 0.4) is 0 Å². The van der Waals surface area contributed by atoms with Crippen molar-refractivity contribution in [3.05, 3.63) is 59.9 Å². The van der Waals surface area contributed by atoms with Gasteiger partial charge in [-0.3, -0.25) is 9.78 Å². The Hall–Kier alpha value is -2.40. The molecule has 5 heteroatoms. The SMILES string of the molecule is COCCCNC(=O)c1cncc(NCCCc2ccccc2)c1.